The van der Waals surface area contributed by atoms with Crippen molar-refractivity contribution in [1.82, 2.24) is 5.43 Å². The summed E-state index contributed by atoms with van der Waals surface area (Å²) in [6.45, 7) is 0. The molecule has 0 radical (unpaired) electrons. The van der Waals surface area contributed by atoms with Crippen LogP contribution < -0.4 is 11.3 Å². The first kappa shape index (κ1) is 13.6. The predicted molar refractivity (Wildman–Crippen MR) is 82.5 cm³/mol. The lowest BCUT2D eigenvalue weighted by Gasteiger charge is -2.26. The Morgan fingerprint density at radius 2 is 2.11 bits per heavy atom. The normalized spacial score (nSPS) is 30.7. The van der Waals surface area contributed by atoms with Gasteiger partial charge in [0.05, 0.1) is 0 Å². The van der Waals surface area contributed by atoms with Crippen molar-refractivity contribution in [2.45, 2.75) is 44.6 Å². The highest BCUT2D eigenvalue weighted by atomic mass is 79.9. The molecule has 4 atom stereocenters. The average Bonchev–Trinajstić information content (AvgIpc) is 3.02. The Labute approximate surface area is 124 Å². The van der Waals surface area contributed by atoms with Crippen LogP contribution in [0.2, 0.25) is 0 Å². The third-order valence-corrected chi connectivity index (χ3v) is 5.91. The number of hydrazine groups is 1. The molecule has 0 spiro atoms. The Balaban J connectivity index is 1.60. The molecule has 3 heteroatoms. The molecule has 2 saturated carbocycles. The summed E-state index contributed by atoms with van der Waals surface area (Å²) in [5.74, 6) is 8.70. The Hall–Kier alpha value is -0.380. The number of halogens is 1. The van der Waals surface area contributed by atoms with Crippen LogP contribution >= 0.6 is 15.9 Å². The van der Waals surface area contributed by atoms with Gasteiger partial charge in [-0.3, -0.25) is 11.3 Å². The monoisotopic (exact) mass is 322 g/mol. The van der Waals surface area contributed by atoms with E-state index in [1.165, 1.54) is 42.1 Å². The van der Waals surface area contributed by atoms with Gasteiger partial charge in [0, 0.05) is 10.5 Å². The molecule has 4 unspecified atom stereocenters. The molecule has 0 amide bonds. The fraction of sp³-hybridized carbons (Fsp3) is 0.625. The van der Waals surface area contributed by atoms with E-state index in [-0.39, 0.29) is 0 Å². The Morgan fingerprint density at radius 1 is 1.26 bits per heavy atom. The molecular formula is C16H23BrN2. The van der Waals surface area contributed by atoms with Crippen LogP contribution in [0.15, 0.2) is 28.7 Å². The van der Waals surface area contributed by atoms with Crippen molar-refractivity contribution in [1.29, 1.82) is 0 Å². The van der Waals surface area contributed by atoms with Crippen LogP contribution in [0.5, 0.6) is 0 Å². The SMILES string of the molecule is NNC(Cc1ccccc1Br)CC1CC2CCC1C2. The van der Waals surface area contributed by atoms with Crippen LogP contribution in [0.4, 0.5) is 0 Å². The molecule has 3 rings (SSSR count). The van der Waals surface area contributed by atoms with E-state index in [2.05, 4.69) is 45.6 Å². The average molecular weight is 323 g/mol. The van der Waals surface area contributed by atoms with Crippen LogP contribution in [0, 0.1) is 17.8 Å². The van der Waals surface area contributed by atoms with Gasteiger partial charge < -0.3 is 0 Å². The second-order valence-corrected chi connectivity index (χ2v) is 7.18. The van der Waals surface area contributed by atoms with Gasteiger partial charge in [0.25, 0.3) is 0 Å². The highest BCUT2D eigenvalue weighted by Gasteiger charge is 2.39. The lowest BCUT2D eigenvalue weighted by Crippen LogP contribution is -2.39. The maximum absolute atomic E-state index is 5.78. The van der Waals surface area contributed by atoms with Gasteiger partial charge in [-0.25, -0.2) is 0 Å². The van der Waals surface area contributed by atoms with Crippen molar-refractivity contribution in [3.63, 3.8) is 0 Å². The van der Waals surface area contributed by atoms with E-state index >= 15 is 0 Å². The minimum Gasteiger partial charge on any atom is -0.271 e. The largest absolute Gasteiger partial charge is 0.271 e. The highest BCUT2D eigenvalue weighted by Crippen LogP contribution is 2.49. The molecule has 0 aromatic heterocycles. The first-order chi connectivity index (χ1) is 9.26. The molecule has 2 aliphatic rings. The van der Waals surface area contributed by atoms with E-state index in [0.29, 0.717) is 6.04 Å². The van der Waals surface area contributed by atoms with Crippen LogP contribution in [0.3, 0.4) is 0 Å². The summed E-state index contributed by atoms with van der Waals surface area (Å²) in [5, 5.41) is 0. The van der Waals surface area contributed by atoms with Crippen molar-refractivity contribution in [3.05, 3.63) is 34.3 Å². The van der Waals surface area contributed by atoms with Crippen molar-refractivity contribution < 1.29 is 0 Å². The number of hydrogen-bond acceptors (Lipinski definition) is 2. The quantitative estimate of drug-likeness (QED) is 0.641. The van der Waals surface area contributed by atoms with Gasteiger partial charge in [0.1, 0.15) is 0 Å². The summed E-state index contributed by atoms with van der Waals surface area (Å²) in [7, 11) is 0. The lowest BCUT2D eigenvalue weighted by atomic mass is 9.83. The molecule has 104 valence electrons. The molecule has 0 saturated heterocycles. The number of benzene rings is 1. The molecule has 2 nitrogen and oxygen atoms in total. The van der Waals surface area contributed by atoms with E-state index in [0.717, 1.165) is 24.2 Å². The van der Waals surface area contributed by atoms with Crippen molar-refractivity contribution in [3.8, 4) is 0 Å². The summed E-state index contributed by atoms with van der Waals surface area (Å²) in [6.07, 6.45) is 8.12. The Kier molecular flexibility index (Phi) is 4.25. The summed E-state index contributed by atoms with van der Waals surface area (Å²) >= 11 is 3.63. The Morgan fingerprint density at radius 3 is 2.74 bits per heavy atom. The molecule has 2 bridgehead atoms. The molecule has 0 heterocycles. The first-order valence-electron chi connectivity index (χ1n) is 7.45. The van der Waals surface area contributed by atoms with Crippen LogP contribution in [0.25, 0.3) is 0 Å². The molecule has 19 heavy (non-hydrogen) atoms. The topological polar surface area (TPSA) is 38.0 Å². The van der Waals surface area contributed by atoms with Gasteiger partial charge in [-0.2, -0.15) is 0 Å². The van der Waals surface area contributed by atoms with Crippen LogP contribution in [-0.2, 0) is 6.42 Å². The second kappa shape index (κ2) is 5.94. The van der Waals surface area contributed by atoms with E-state index in [9.17, 15) is 0 Å². The first-order valence-corrected chi connectivity index (χ1v) is 8.25. The molecular weight excluding hydrogens is 300 g/mol. The van der Waals surface area contributed by atoms with Crippen LogP contribution in [-0.4, -0.2) is 6.04 Å². The third-order valence-electron chi connectivity index (χ3n) is 5.13. The summed E-state index contributed by atoms with van der Waals surface area (Å²) < 4.78 is 1.20. The van der Waals surface area contributed by atoms with Gasteiger partial charge in [-0.1, -0.05) is 40.5 Å². The van der Waals surface area contributed by atoms with E-state index in [4.69, 9.17) is 5.84 Å². The molecule has 1 aromatic carbocycles. The number of hydrogen-bond donors (Lipinski definition) is 2. The zero-order valence-corrected chi connectivity index (χ0v) is 12.9. The summed E-state index contributed by atoms with van der Waals surface area (Å²) in [6, 6.07) is 8.87. The van der Waals surface area contributed by atoms with Crippen molar-refractivity contribution in [2.24, 2.45) is 23.6 Å². The third kappa shape index (κ3) is 3.04. The minimum atomic E-state index is 0.406. The zero-order chi connectivity index (χ0) is 13.2. The Bertz CT molecular complexity index is 435. The van der Waals surface area contributed by atoms with Gasteiger partial charge in [0.15, 0.2) is 0 Å². The van der Waals surface area contributed by atoms with Crippen LogP contribution in [0.1, 0.15) is 37.7 Å². The number of fused-ring (bicyclic) bond motifs is 2. The van der Waals surface area contributed by atoms with E-state index < -0.39 is 0 Å². The molecule has 2 aliphatic carbocycles. The smallest absolute Gasteiger partial charge is 0.0254 e. The number of nitrogens with one attached hydrogen (secondary N) is 1. The molecule has 2 fully saturated rings. The number of rotatable bonds is 5. The van der Waals surface area contributed by atoms with Gasteiger partial charge in [-0.05, 0) is 61.5 Å². The standard InChI is InChI=1S/C16H23BrN2/c17-16-4-2-1-3-13(16)9-15(19-18)10-14-8-11-5-6-12(14)7-11/h1-4,11-12,14-15,19H,5-10,18H2. The molecule has 1 aromatic rings. The van der Waals surface area contributed by atoms with E-state index in [1.807, 2.05) is 0 Å². The zero-order valence-electron chi connectivity index (χ0n) is 11.3. The fourth-order valence-electron chi connectivity index (χ4n) is 4.17. The van der Waals surface area contributed by atoms with Gasteiger partial charge in [0.2, 0.25) is 0 Å². The fourth-order valence-corrected chi connectivity index (χ4v) is 4.62. The minimum absolute atomic E-state index is 0.406. The highest BCUT2D eigenvalue weighted by molar-refractivity contribution is 9.10. The molecule has 3 N–H and O–H groups in total. The summed E-state index contributed by atoms with van der Waals surface area (Å²) in [5.41, 5.74) is 4.40. The van der Waals surface area contributed by atoms with E-state index in [1.54, 1.807) is 0 Å². The predicted octanol–water partition coefficient (Wildman–Crippen LogP) is 3.65. The van der Waals surface area contributed by atoms with Crippen molar-refractivity contribution in [2.75, 3.05) is 0 Å². The lowest BCUT2D eigenvalue weighted by molar-refractivity contribution is 0.277. The second-order valence-electron chi connectivity index (χ2n) is 6.33. The van der Waals surface area contributed by atoms with Gasteiger partial charge in [-0.15, -0.1) is 0 Å². The van der Waals surface area contributed by atoms with Gasteiger partial charge >= 0.3 is 0 Å². The number of nitrogens with two attached hydrogens (primary N) is 1. The maximum atomic E-state index is 5.78. The maximum Gasteiger partial charge on any atom is 0.0254 e. The molecule has 0 aliphatic heterocycles. The van der Waals surface area contributed by atoms with Crippen molar-refractivity contribution >= 4 is 15.9 Å². The summed E-state index contributed by atoms with van der Waals surface area (Å²) in [4.78, 5) is 0.